The number of rotatable bonds is 7. The molecule has 0 aliphatic heterocycles. The Kier molecular flexibility index (Phi) is 7.63. The molecule has 1 heterocycles. The van der Waals surface area contributed by atoms with Gasteiger partial charge in [0.1, 0.15) is 5.76 Å². The Balaban J connectivity index is 0.00000242. The molecule has 22 heavy (non-hydrogen) atoms. The van der Waals surface area contributed by atoms with E-state index in [0.29, 0.717) is 23.9 Å². The van der Waals surface area contributed by atoms with Crippen LogP contribution in [0.5, 0.6) is 0 Å². The van der Waals surface area contributed by atoms with Gasteiger partial charge in [0, 0.05) is 18.7 Å². The number of aryl methyl sites for hydroxylation is 1. The number of amides is 1. The van der Waals surface area contributed by atoms with Crippen LogP contribution in [0, 0.1) is 6.92 Å². The van der Waals surface area contributed by atoms with Crippen molar-refractivity contribution in [3.05, 3.63) is 41.8 Å². The molecule has 0 aliphatic carbocycles. The first-order chi connectivity index (χ1) is 10.2. The summed E-state index contributed by atoms with van der Waals surface area (Å²) in [5.74, 6) is 0.812. The van der Waals surface area contributed by atoms with Crippen molar-refractivity contribution in [2.45, 2.75) is 20.3 Å². The summed E-state index contributed by atoms with van der Waals surface area (Å²) in [7, 11) is 0. The van der Waals surface area contributed by atoms with Gasteiger partial charge in [-0.1, -0.05) is 25.1 Å². The van der Waals surface area contributed by atoms with Crippen molar-refractivity contribution >= 4 is 18.3 Å². The zero-order chi connectivity index (χ0) is 15.1. The quantitative estimate of drug-likeness (QED) is 0.769. The van der Waals surface area contributed by atoms with Gasteiger partial charge in [-0.15, -0.1) is 12.4 Å². The number of oxazole rings is 1. The van der Waals surface area contributed by atoms with Gasteiger partial charge in [0.25, 0.3) is 5.91 Å². The summed E-state index contributed by atoms with van der Waals surface area (Å²) in [6, 6.07) is 9.56. The first-order valence-electron chi connectivity index (χ1n) is 7.24. The van der Waals surface area contributed by atoms with E-state index >= 15 is 0 Å². The van der Waals surface area contributed by atoms with Crippen LogP contribution in [-0.4, -0.2) is 30.5 Å². The topological polar surface area (TPSA) is 67.2 Å². The van der Waals surface area contributed by atoms with Crippen molar-refractivity contribution in [3.63, 3.8) is 0 Å². The van der Waals surface area contributed by atoms with E-state index in [9.17, 15) is 4.79 Å². The van der Waals surface area contributed by atoms with Gasteiger partial charge in [-0.25, -0.2) is 4.98 Å². The zero-order valence-corrected chi connectivity index (χ0v) is 13.7. The highest BCUT2D eigenvalue weighted by atomic mass is 35.5. The molecule has 0 atom stereocenters. The van der Waals surface area contributed by atoms with E-state index in [1.54, 1.807) is 6.92 Å². The summed E-state index contributed by atoms with van der Waals surface area (Å²) in [6.07, 6.45) is 1.08. The van der Waals surface area contributed by atoms with Gasteiger partial charge in [-0.05, 0) is 32.0 Å². The Bertz CT molecular complexity index is 584. The van der Waals surface area contributed by atoms with Crippen LogP contribution in [0.4, 0.5) is 0 Å². The molecule has 1 amide bonds. The summed E-state index contributed by atoms with van der Waals surface area (Å²) in [4.78, 5) is 16.4. The van der Waals surface area contributed by atoms with Crippen LogP contribution >= 0.6 is 12.4 Å². The van der Waals surface area contributed by atoms with Crippen LogP contribution in [-0.2, 0) is 0 Å². The highest BCUT2D eigenvalue weighted by Crippen LogP contribution is 2.21. The molecule has 0 spiro atoms. The number of hydrogen-bond donors (Lipinski definition) is 2. The minimum absolute atomic E-state index is 0. The largest absolute Gasteiger partial charge is 0.441 e. The maximum Gasteiger partial charge on any atom is 0.273 e. The van der Waals surface area contributed by atoms with E-state index in [4.69, 9.17) is 4.42 Å². The highest BCUT2D eigenvalue weighted by molar-refractivity contribution is 5.93. The second-order valence-corrected chi connectivity index (χ2v) is 4.80. The first kappa shape index (κ1) is 18.2. The van der Waals surface area contributed by atoms with E-state index in [1.807, 2.05) is 30.3 Å². The minimum atomic E-state index is -0.197. The molecule has 0 radical (unpaired) electrons. The molecule has 0 unspecified atom stereocenters. The van der Waals surface area contributed by atoms with Crippen molar-refractivity contribution in [3.8, 4) is 11.5 Å². The average molecular weight is 324 g/mol. The summed E-state index contributed by atoms with van der Waals surface area (Å²) >= 11 is 0. The summed E-state index contributed by atoms with van der Waals surface area (Å²) in [6.45, 7) is 6.14. The minimum Gasteiger partial charge on any atom is -0.441 e. The lowest BCUT2D eigenvalue weighted by Crippen LogP contribution is -2.32. The van der Waals surface area contributed by atoms with E-state index in [1.165, 1.54) is 0 Å². The molecular weight excluding hydrogens is 302 g/mol. The number of nitrogens with one attached hydrogen (secondary N) is 2. The van der Waals surface area contributed by atoms with Gasteiger partial charge in [-0.2, -0.15) is 0 Å². The molecule has 6 heteroatoms. The van der Waals surface area contributed by atoms with Crippen molar-refractivity contribution in [2.24, 2.45) is 0 Å². The fourth-order valence-electron chi connectivity index (χ4n) is 1.96. The van der Waals surface area contributed by atoms with Gasteiger partial charge in [0.05, 0.1) is 0 Å². The molecule has 0 aliphatic rings. The van der Waals surface area contributed by atoms with Crippen LogP contribution in [0.25, 0.3) is 11.5 Å². The second kappa shape index (κ2) is 9.23. The smallest absolute Gasteiger partial charge is 0.273 e. The second-order valence-electron chi connectivity index (χ2n) is 4.80. The van der Waals surface area contributed by atoms with Crippen LogP contribution < -0.4 is 10.6 Å². The number of benzene rings is 1. The van der Waals surface area contributed by atoms with Crippen molar-refractivity contribution < 1.29 is 9.21 Å². The van der Waals surface area contributed by atoms with Crippen LogP contribution in [0.1, 0.15) is 29.6 Å². The van der Waals surface area contributed by atoms with Gasteiger partial charge in [0.2, 0.25) is 5.89 Å². The maximum absolute atomic E-state index is 12.1. The number of aromatic nitrogens is 1. The zero-order valence-electron chi connectivity index (χ0n) is 12.9. The lowest BCUT2D eigenvalue weighted by Gasteiger charge is -2.04. The fourth-order valence-corrected chi connectivity index (χ4v) is 1.96. The Labute approximate surface area is 136 Å². The molecule has 2 aromatic rings. The number of nitrogens with zero attached hydrogens (tertiary/aromatic N) is 1. The molecule has 0 bridgehead atoms. The molecule has 1 aromatic heterocycles. The number of halogens is 1. The molecule has 120 valence electrons. The lowest BCUT2D eigenvalue weighted by molar-refractivity contribution is 0.0948. The molecule has 2 rings (SSSR count). The molecular formula is C16H22ClN3O2. The molecule has 0 saturated heterocycles. The third-order valence-electron chi connectivity index (χ3n) is 3.05. The van der Waals surface area contributed by atoms with Crippen LogP contribution in [0.15, 0.2) is 34.7 Å². The predicted octanol–water partition coefficient (Wildman–Crippen LogP) is 2.80. The summed E-state index contributed by atoms with van der Waals surface area (Å²) < 4.78 is 5.58. The summed E-state index contributed by atoms with van der Waals surface area (Å²) in [5.41, 5.74) is 1.22. The van der Waals surface area contributed by atoms with Gasteiger partial charge < -0.3 is 15.1 Å². The normalized spacial score (nSPS) is 10.1. The fraction of sp³-hybridized carbons (Fsp3) is 0.375. The van der Waals surface area contributed by atoms with Gasteiger partial charge >= 0.3 is 0 Å². The molecule has 1 aromatic carbocycles. The first-order valence-corrected chi connectivity index (χ1v) is 7.24. The van der Waals surface area contributed by atoms with Crippen molar-refractivity contribution in [1.29, 1.82) is 0 Å². The average Bonchev–Trinajstić information content (AvgIpc) is 2.90. The lowest BCUT2D eigenvalue weighted by atomic mass is 10.2. The van der Waals surface area contributed by atoms with E-state index in [-0.39, 0.29) is 18.3 Å². The summed E-state index contributed by atoms with van der Waals surface area (Å²) in [5, 5.41) is 6.07. The highest BCUT2D eigenvalue weighted by Gasteiger charge is 2.17. The number of hydrogen-bond acceptors (Lipinski definition) is 4. The Morgan fingerprint density at radius 3 is 2.59 bits per heavy atom. The standard InChI is InChI=1S/C16H21N3O2.ClH/c1-3-9-17-10-11-18-15(20)14-12(2)21-16(19-14)13-7-5-4-6-8-13;/h4-8,17H,3,9-11H2,1-2H3,(H,18,20);1H. The van der Waals surface area contributed by atoms with Crippen molar-refractivity contribution in [1.82, 2.24) is 15.6 Å². The Morgan fingerprint density at radius 2 is 1.91 bits per heavy atom. The van der Waals surface area contributed by atoms with Crippen LogP contribution in [0.3, 0.4) is 0 Å². The number of carbonyl (C=O) groups excluding carboxylic acids is 1. The third kappa shape index (κ3) is 4.86. The number of carbonyl (C=O) groups is 1. The third-order valence-corrected chi connectivity index (χ3v) is 3.05. The predicted molar refractivity (Wildman–Crippen MR) is 89.4 cm³/mol. The molecule has 0 fully saturated rings. The Hall–Kier alpha value is -1.85. The van der Waals surface area contributed by atoms with Crippen LogP contribution in [0.2, 0.25) is 0 Å². The SMILES string of the molecule is CCCNCCNC(=O)c1nc(-c2ccccc2)oc1C.Cl. The van der Waals surface area contributed by atoms with E-state index < -0.39 is 0 Å². The maximum atomic E-state index is 12.1. The van der Waals surface area contributed by atoms with E-state index in [2.05, 4.69) is 22.5 Å². The molecule has 2 N–H and O–H groups in total. The molecule has 5 nitrogen and oxygen atoms in total. The van der Waals surface area contributed by atoms with E-state index in [0.717, 1.165) is 25.1 Å². The monoisotopic (exact) mass is 323 g/mol. The van der Waals surface area contributed by atoms with Gasteiger partial charge in [0.15, 0.2) is 5.69 Å². The Morgan fingerprint density at radius 1 is 1.18 bits per heavy atom. The van der Waals surface area contributed by atoms with Gasteiger partial charge in [-0.3, -0.25) is 4.79 Å². The van der Waals surface area contributed by atoms with Crippen molar-refractivity contribution in [2.75, 3.05) is 19.6 Å². The molecule has 0 saturated carbocycles.